The highest BCUT2D eigenvalue weighted by molar-refractivity contribution is 4.91. The third kappa shape index (κ3) is 5.36. The SMILES string of the molecule is CCCNCCC1(OC(C)COCC)CCC1. The van der Waals surface area contributed by atoms with Gasteiger partial charge in [0.1, 0.15) is 0 Å². The lowest BCUT2D eigenvalue weighted by molar-refractivity contribution is -0.153. The van der Waals surface area contributed by atoms with Crippen LogP contribution in [0.4, 0.5) is 0 Å². The van der Waals surface area contributed by atoms with Gasteiger partial charge in [-0.15, -0.1) is 0 Å². The van der Waals surface area contributed by atoms with Crippen molar-refractivity contribution in [1.29, 1.82) is 0 Å². The van der Waals surface area contributed by atoms with Gasteiger partial charge < -0.3 is 14.8 Å². The molecule has 0 radical (unpaired) electrons. The molecule has 0 bridgehead atoms. The lowest BCUT2D eigenvalue weighted by Crippen LogP contribution is -2.45. The maximum absolute atomic E-state index is 6.19. The summed E-state index contributed by atoms with van der Waals surface area (Å²) in [6, 6.07) is 0. The van der Waals surface area contributed by atoms with Crippen molar-refractivity contribution in [1.82, 2.24) is 5.32 Å². The molecule has 1 rings (SSSR count). The van der Waals surface area contributed by atoms with Crippen molar-refractivity contribution in [3.05, 3.63) is 0 Å². The minimum absolute atomic E-state index is 0.150. The molecule has 0 spiro atoms. The van der Waals surface area contributed by atoms with Crippen LogP contribution in [0, 0.1) is 0 Å². The van der Waals surface area contributed by atoms with E-state index in [-0.39, 0.29) is 11.7 Å². The largest absolute Gasteiger partial charge is 0.379 e. The van der Waals surface area contributed by atoms with E-state index in [1.807, 2.05) is 6.92 Å². The highest BCUT2D eigenvalue weighted by Gasteiger charge is 2.38. The molecule has 1 aliphatic carbocycles. The normalized spacial score (nSPS) is 19.9. The number of hydrogen-bond donors (Lipinski definition) is 1. The molecule has 17 heavy (non-hydrogen) atoms. The predicted octanol–water partition coefficient (Wildman–Crippen LogP) is 2.74. The van der Waals surface area contributed by atoms with Crippen molar-refractivity contribution in [2.24, 2.45) is 0 Å². The first-order valence-corrected chi connectivity index (χ1v) is 7.18. The minimum Gasteiger partial charge on any atom is -0.379 e. The van der Waals surface area contributed by atoms with E-state index in [0.29, 0.717) is 0 Å². The van der Waals surface area contributed by atoms with Crippen LogP contribution in [0.1, 0.15) is 52.9 Å². The van der Waals surface area contributed by atoms with Crippen molar-refractivity contribution < 1.29 is 9.47 Å². The van der Waals surface area contributed by atoms with Crippen LogP contribution in [0.15, 0.2) is 0 Å². The second-order valence-corrected chi connectivity index (χ2v) is 5.12. The summed E-state index contributed by atoms with van der Waals surface area (Å²) >= 11 is 0. The van der Waals surface area contributed by atoms with Crippen LogP contribution in [0.25, 0.3) is 0 Å². The zero-order valence-electron chi connectivity index (χ0n) is 11.8. The second kappa shape index (κ2) is 8.06. The fraction of sp³-hybridized carbons (Fsp3) is 1.00. The molecule has 0 aromatic rings. The Morgan fingerprint density at radius 3 is 2.53 bits per heavy atom. The van der Waals surface area contributed by atoms with Crippen molar-refractivity contribution in [3.63, 3.8) is 0 Å². The molecular formula is C14H29NO2. The van der Waals surface area contributed by atoms with Crippen LogP contribution < -0.4 is 5.32 Å². The Hall–Kier alpha value is -0.120. The third-order valence-corrected chi connectivity index (χ3v) is 3.46. The molecule has 0 saturated heterocycles. The summed E-state index contributed by atoms with van der Waals surface area (Å²) < 4.78 is 11.6. The molecule has 1 saturated carbocycles. The third-order valence-electron chi connectivity index (χ3n) is 3.46. The fourth-order valence-corrected chi connectivity index (χ4v) is 2.36. The minimum atomic E-state index is 0.150. The van der Waals surface area contributed by atoms with Gasteiger partial charge >= 0.3 is 0 Å². The van der Waals surface area contributed by atoms with Gasteiger partial charge in [0.25, 0.3) is 0 Å². The molecule has 1 atom stereocenters. The van der Waals surface area contributed by atoms with Crippen LogP contribution in [0.2, 0.25) is 0 Å². The van der Waals surface area contributed by atoms with Crippen molar-refractivity contribution in [2.75, 3.05) is 26.3 Å². The topological polar surface area (TPSA) is 30.5 Å². The Morgan fingerprint density at radius 1 is 1.24 bits per heavy atom. The zero-order chi connectivity index (χ0) is 12.6. The standard InChI is InChI=1S/C14H29NO2/c1-4-10-15-11-9-14(7-6-8-14)17-13(3)12-16-5-2/h13,15H,4-12H2,1-3H3. The van der Waals surface area contributed by atoms with E-state index >= 15 is 0 Å². The van der Waals surface area contributed by atoms with Crippen molar-refractivity contribution in [3.8, 4) is 0 Å². The van der Waals surface area contributed by atoms with Crippen LogP contribution in [0.5, 0.6) is 0 Å². The summed E-state index contributed by atoms with van der Waals surface area (Å²) in [5, 5.41) is 3.46. The molecule has 1 unspecified atom stereocenters. The van der Waals surface area contributed by atoms with Gasteiger partial charge in [-0.05, 0) is 59.0 Å². The zero-order valence-corrected chi connectivity index (χ0v) is 11.8. The summed E-state index contributed by atoms with van der Waals surface area (Å²) in [6.45, 7) is 10.0. The molecule has 0 aromatic heterocycles. The fourth-order valence-electron chi connectivity index (χ4n) is 2.36. The summed E-state index contributed by atoms with van der Waals surface area (Å²) in [6.07, 6.45) is 6.32. The molecule has 0 heterocycles. The molecule has 3 nitrogen and oxygen atoms in total. The number of ether oxygens (including phenoxy) is 2. The van der Waals surface area contributed by atoms with Crippen LogP contribution >= 0.6 is 0 Å². The summed E-state index contributed by atoms with van der Waals surface area (Å²) in [5.41, 5.74) is 0.150. The van der Waals surface area contributed by atoms with E-state index < -0.39 is 0 Å². The molecule has 3 heteroatoms. The monoisotopic (exact) mass is 243 g/mol. The maximum atomic E-state index is 6.19. The quantitative estimate of drug-likeness (QED) is 0.598. The number of hydrogen-bond acceptors (Lipinski definition) is 3. The summed E-state index contributed by atoms with van der Waals surface area (Å²) in [4.78, 5) is 0. The average molecular weight is 243 g/mol. The molecule has 1 N–H and O–H groups in total. The molecule has 102 valence electrons. The van der Waals surface area contributed by atoms with Crippen LogP contribution in [-0.2, 0) is 9.47 Å². The van der Waals surface area contributed by atoms with E-state index in [1.54, 1.807) is 0 Å². The van der Waals surface area contributed by atoms with Gasteiger partial charge in [-0.1, -0.05) is 6.92 Å². The van der Waals surface area contributed by atoms with E-state index in [2.05, 4.69) is 19.2 Å². The first-order valence-electron chi connectivity index (χ1n) is 7.18. The molecule has 0 aromatic carbocycles. The Balaban J connectivity index is 2.20. The lowest BCUT2D eigenvalue weighted by atomic mass is 9.77. The summed E-state index contributed by atoms with van der Waals surface area (Å²) in [5.74, 6) is 0. The average Bonchev–Trinajstić information content (AvgIpc) is 2.28. The number of rotatable bonds is 10. The van der Waals surface area contributed by atoms with Gasteiger partial charge in [-0.3, -0.25) is 0 Å². The van der Waals surface area contributed by atoms with Gasteiger partial charge in [0.05, 0.1) is 18.3 Å². The van der Waals surface area contributed by atoms with Gasteiger partial charge in [0, 0.05) is 6.61 Å². The van der Waals surface area contributed by atoms with Gasteiger partial charge in [-0.2, -0.15) is 0 Å². The van der Waals surface area contributed by atoms with E-state index in [9.17, 15) is 0 Å². The van der Waals surface area contributed by atoms with E-state index in [0.717, 1.165) is 32.7 Å². The van der Waals surface area contributed by atoms with E-state index in [1.165, 1.54) is 25.7 Å². The second-order valence-electron chi connectivity index (χ2n) is 5.12. The van der Waals surface area contributed by atoms with E-state index in [4.69, 9.17) is 9.47 Å². The number of nitrogens with one attached hydrogen (secondary N) is 1. The smallest absolute Gasteiger partial charge is 0.0787 e. The lowest BCUT2D eigenvalue weighted by Gasteiger charge is -2.43. The highest BCUT2D eigenvalue weighted by atomic mass is 16.5. The van der Waals surface area contributed by atoms with Crippen LogP contribution in [-0.4, -0.2) is 38.0 Å². The Labute approximate surface area is 106 Å². The molecule has 0 amide bonds. The molecule has 1 fully saturated rings. The maximum Gasteiger partial charge on any atom is 0.0787 e. The first-order chi connectivity index (χ1) is 8.22. The molecule has 0 aliphatic heterocycles. The highest BCUT2D eigenvalue weighted by Crippen LogP contribution is 2.39. The van der Waals surface area contributed by atoms with Gasteiger partial charge in [-0.25, -0.2) is 0 Å². The first kappa shape index (κ1) is 14.9. The Morgan fingerprint density at radius 2 is 2.00 bits per heavy atom. The van der Waals surface area contributed by atoms with Gasteiger partial charge in [0.2, 0.25) is 0 Å². The predicted molar refractivity (Wildman–Crippen MR) is 71.4 cm³/mol. The summed E-state index contributed by atoms with van der Waals surface area (Å²) in [7, 11) is 0. The molecule has 1 aliphatic rings. The molecular weight excluding hydrogens is 214 g/mol. The Kier molecular flexibility index (Phi) is 7.09. The Bertz CT molecular complexity index is 193. The van der Waals surface area contributed by atoms with Crippen molar-refractivity contribution in [2.45, 2.75) is 64.6 Å². The van der Waals surface area contributed by atoms with Gasteiger partial charge in [0.15, 0.2) is 0 Å². The van der Waals surface area contributed by atoms with Crippen molar-refractivity contribution >= 4 is 0 Å². The van der Waals surface area contributed by atoms with Crippen LogP contribution in [0.3, 0.4) is 0 Å².